The Hall–Kier alpha value is -0.830. The molecule has 1 saturated heterocycles. The van der Waals surface area contributed by atoms with Crippen LogP contribution in [0.25, 0.3) is 0 Å². The van der Waals surface area contributed by atoms with Crippen molar-refractivity contribution in [2.45, 2.75) is 12.8 Å². The molecule has 1 aliphatic heterocycles. The van der Waals surface area contributed by atoms with Crippen molar-refractivity contribution in [1.29, 1.82) is 0 Å². The summed E-state index contributed by atoms with van der Waals surface area (Å²) in [5, 5.41) is 0. The molecule has 0 atom stereocenters. The fraction of sp³-hybridized carbons (Fsp3) is 0.364. The maximum Gasteiger partial charge on any atom is 0.152 e. The van der Waals surface area contributed by atoms with Gasteiger partial charge in [-0.05, 0) is 40.9 Å². The van der Waals surface area contributed by atoms with Gasteiger partial charge in [0.25, 0.3) is 0 Å². The molecule has 0 N–H and O–H groups in total. The molecule has 14 heavy (non-hydrogen) atoms. The molecule has 0 radical (unpaired) electrons. The van der Waals surface area contributed by atoms with Crippen LogP contribution in [0.5, 0.6) is 0 Å². The highest BCUT2D eigenvalue weighted by Crippen LogP contribution is 2.31. The van der Waals surface area contributed by atoms with E-state index in [2.05, 4.69) is 20.8 Å². The number of halogens is 1. The van der Waals surface area contributed by atoms with E-state index in [0.717, 1.165) is 35.1 Å². The number of nitrogens with zero attached hydrogens (tertiary/aromatic N) is 1. The molecular weight excluding hydrogens is 242 g/mol. The number of benzene rings is 1. The van der Waals surface area contributed by atoms with Crippen LogP contribution < -0.4 is 4.90 Å². The van der Waals surface area contributed by atoms with Crippen LogP contribution in [0.3, 0.4) is 0 Å². The number of hydrogen-bond donors (Lipinski definition) is 0. The highest BCUT2D eigenvalue weighted by atomic mass is 79.9. The summed E-state index contributed by atoms with van der Waals surface area (Å²) in [4.78, 5) is 13.2. The van der Waals surface area contributed by atoms with Crippen molar-refractivity contribution in [1.82, 2.24) is 0 Å². The average molecular weight is 254 g/mol. The molecule has 1 aliphatic rings. The Morgan fingerprint density at radius 3 is 2.64 bits per heavy atom. The Balaban J connectivity index is 2.42. The summed E-state index contributed by atoms with van der Waals surface area (Å²) in [6, 6.07) is 5.75. The third-order valence-electron chi connectivity index (χ3n) is 2.57. The molecule has 2 nitrogen and oxygen atoms in total. The molecule has 0 bridgehead atoms. The molecule has 0 unspecified atom stereocenters. The molecule has 3 heteroatoms. The Labute approximate surface area is 92.0 Å². The van der Waals surface area contributed by atoms with Crippen LogP contribution in [-0.2, 0) is 0 Å². The zero-order chi connectivity index (χ0) is 9.97. The van der Waals surface area contributed by atoms with E-state index in [9.17, 15) is 4.79 Å². The van der Waals surface area contributed by atoms with Crippen molar-refractivity contribution >= 4 is 27.9 Å². The van der Waals surface area contributed by atoms with E-state index >= 15 is 0 Å². The van der Waals surface area contributed by atoms with Crippen LogP contribution in [0, 0.1) is 0 Å². The van der Waals surface area contributed by atoms with Gasteiger partial charge in [0.1, 0.15) is 0 Å². The van der Waals surface area contributed by atoms with E-state index < -0.39 is 0 Å². The summed E-state index contributed by atoms with van der Waals surface area (Å²) in [5.41, 5.74) is 1.83. The van der Waals surface area contributed by atoms with Gasteiger partial charge in [-0.15, -0.1) is 0 Å². The Bertz CT molecular complexity index is 345. The first-order chi connectivity index (χ1) is 6.83. The molecule has 1 heterocycles. The van der Waals surface area contributed by atoms with Crippen molar-refractivity contribution in [3.63, 3.8) is 0 Å². The van der Waals surface area contributed by atoms with Gasteiger partial charge in [-0.2, -0.15) is 0 Å². The number of aldehydes is 1. The lowest BCUT2D eigenvalue weighted by atomic mass is 10.2. The van der Waals surface area contributed by atoms with Gasteiger partial charge in [0.05, 0.1) is 5.69 Å². The van der Waals surface area contributed by atoms with E-state index in [1.807, 2.05) is 18.2 Å². The van der Waals surface area contributed by atoms with Gasteiger partial charge in [-0.1, -0.05) is 6.07 Å². The second kappa shape index (κ2) is 4.13. The van der Waals surface area contributed by atoms with Crippen molar-refractivity contribution < 1.29 is 4.79 Å². The fourth-order valence-electron chi connectivity index (χ4n) is 1.90. The van der Waals surface area contributed by atoms with Crippen molar-refractivity contribution in [2.24, 2.45) is 0 Å². The number of hydrogen-bond acceptors (Lipinski definition) is 2. The summed E-state index contributed by atoms with van der Waals surface area (Å²) in [7, 11) is 0. The lowest BCUT2D eigenvalue weighted by Gasteiger charge is -2.20. The summed E-state index contributed by atoms with van der Waals surface area (Å²) in [6.07, 6.45) is 3.37. The molecule has 2 rings (SSSR count). The van der Waals surface area contributed by atoms with Crippen LogP contribution in [0.1, 0.15) is 23.2 Å². The minimum absolute atomic E-state index is 0.779. The molecule has 1 aromatic carbocycles. The predicted octanol–water partition coefficient (Wildman–Crippen LogP) is 2.86. The van der Waals surface area contributed by atoms with Crippen LogP contribution in [0.2, 0.25) is 0 Å². The topological polar surface area (TPSA) is 20.3 Å². The van der Waals surface area contributed by atoms with Crippen molar-refractivity contribution in [2.75, 3.05) is 18.0 Å². The second-order valence-corrected chi connectivity index (χ2v) is 4.34. The second-order valence-electron chi connectivity index (χ2n) is 3.49. The van der Waals surface area contributed by atoms with Gasteiger partial charge in [0, 0.05) is 23.1 Å². The SMILES string of the molecule is O=Cc1cccc(Br)c1N1CCCC1. The first kappa shape index (κ1) is 9.71. The quantitative estimate of drug-likeness (QED) is 0.756. The minimum Gasteiger partial charge on any atom is -0.370 e. The van der Waals surface area contributed by atoms with Gasteiger partial charge in [-0.25, -0.2) is 0 Å². The predicted molar refractivity (Wildman–Crippen MR) is 61.0 cm³/mol. The zero-order valence-electron chi connectivity index (χ0n) is 7.87. The molecule has 74 valence electrons. The molecule has 0 aliphatic carbocycles. The number of rotatable bonds is 2. The van der Waals surface area contributed by atoms with Gasteiger partial charge < -0.3 is 4.90 Å². The third kappa shape index (κ3) is 1.69. The highest BCUT2D eigenvalue weighted by molar-refractivity contribution is 9.10. The Morgan fingerprint density at radius 1 is 1.29 bits per heavy atom. The van der Waals surface area contributed by atoms with Crippen LogP contribution >= 0.6 is 15.9 Å². The monoisotopic (exact) mass is 253 g/mol. The molecule has 0 saturated carbocycles. The van der Waals surface area contributed by atoms with Gasteiger partial charge in [0.15, 0.2) is 6.29 Å². The smallest absolute Gasteiger partial charge is 0.152 e. The average Bonchev–Trinajstić information content (AvgIpc) is 2.70. The first-order valence-electron chi connectivity index (χ1n) is 4.81. The summed E-state index contributed by atoms with van der Waals surface area (Å²) >= 11 is 3.50. The van der Waals surface area contributed by atoms with E-state index in [1.165, 1.54) is 12.8 Å². The van der Waals surface area contributed by atoms with Crippen LogP contribution in [0.4, 0.5) is 5.69 Å². The lowest BCUT2D eigenvalue weighted by molar-refractivity contribution is 0.112. The van der Waals surface area contributed by atoms with E-state index in [-0.39, 0.29) is 0 Å². The maximum absolute atomic E-state index is 10.9. The molecule has 0 spiro atoms. The van der Waals surface area contributed by atoms with Gasteiger partial charge in [0.2, 0.25) is 0 Å². The highest BCUT2D eigenvalue weighted by Gasteiger charge is 2.17. The summed E-state index contributed by atoms with van der Waals surface area (Å²) in [5.74, 6) is 0. The number of carbonyl (C=O) groups is 1. The van der Waals surface area contributed by atoms with Gasteiger partial charge in [-0.3, -0.25) is 4.79 Å². The largest absolute Gasteiger partial charge is 0.370 e. The van der Waals surface area contributed by atoms with E-state index in [4.69, 9.17) is 0 Å². The van der Waals surface area contributed by atoms with Crippen molar-refractivity contribution in [3.05, 3.63) is 28.2 Å². The zero-order valence-corrected chi connectivity index (χ0v) is 9.46. The maximum atomic E-state index is 10.9. The van der Waals surface area contributed by atoms with Gasteiger partial charge >= 0.3 is 0 Å². The standard InChI is InChI=1S/C11H12BrNO/c12-10-5-3-4-9(8-14)11(10)13-6-1-2-7-13/h3-5,8H,1-2,6-7H2. The fourth-order valence-corrected chi connectivity index (χ4v) is 2.53. The number of carbonyl (C=O) groups excluding carboxylic acids is 1. The normalized spacial score (nSPS) is 15.9. The lowest BCUT2D eigenvalue weighted by Crippen LogP contribution is -2.19. The summed E-state index contributed by atoms with van der Waals surface area (Å²) < 4.78 is 1.02. The van der Waals surface area contributed by atoms with Crippen LogP contribution in [0.15, 0.2) is 22.7 Å². The van der Waals surface area contributed by atoms with Crippen LogP contribution in [-0.4, -0.2) is 19.4 Å². The molecular formula is C11H12BrNO. The Morgan fingerprint density at radius 2 is 2.00 bits per heavy atom. The van der Waals surface area contributed by atoms with Crippen molar-refractivity contribution in [3.8, 4) is 0 Å². The molecule has 0 aromatic heterocycles. The molecule has 1 fully saturated rings. The first-order valence-corrected chi connectivity index (χ1v) is 5.61. The van der Waals surface area contributed by atoms with E-state index in [0.29, 0.717) is 0 Å². The molecule has 1 aromatic rings. The molecule has 0 amide bonds. The minimum atomic E-state index is 0.779. The third-order valence-corrected chi connectivity index (χ3v) is 3.21. The Kier molecular flexibility index (Phi) is 2.87. The number of para-hydroxylation sites is 1. The number of anilines is 1. The van der Waals surface area contributed by atoms with E-state index in [1.54, 1.807) is 0 Å². The summed E-state index contributed by atoms with van der Waals surface area (Å²) in [6.45, 7) is 2.12.